The molecule has 4 saturated carbocycles. The normalized spacial score (nSPS) is 36.5. The maximum atomic E-state index is 14.7. The van der Waals surface area contributed by atoms with Crippen molar-refractivity contribution in [3.63, 3.8) is 0 Å². The molecule has 0 spiro atoms. The first-order valence-electron chi connectivity index (χ1n) is 20.6. The summed E-state index contributed by atoms with van der Waals surface area (Å²) in [5, 5.41) is 12.8. The zero-order chi connectivity index (χ0) is 39.2. The van der Waals surface area contributed by atoms with Gasteiger partial charge in [-0.15, -0.1) is 0 Å². The number of allylic oxidation sites excluding steroid dienone is 2. The van der Waals surface area contributed by atoms with Crippen LogP contribution >= 0.6 is 0 Å². The maximum Gasteiger partial charge on any atom is 0.309 e. The Morgan fingerprint density at radius 3 is 2.11 bits per heavy atom. The SMILES string of the molecule is CC(C)C1=C2C3CCC4C5(C)CCC(OC(=O)CC(C)(C)C(=O)O)C(C)(C)C5CCC4(C)C3(C)CCC2(C(=O)C(=O)NC(C)(C)c2ccccc2)CC1. The highest BCUT2D eigenvalue weighted by Gasteiger charge is 2.70. The van der Waals surface area contributed by atoms with E-state index in [2.05, 4.69) is 53.8 Å². The molecule has 0 heterocycles. The highest BCUT2D eigenvalue weighted by Crippen LogP contribution is 2.77. The molecule has 53 heavy (non-hydrogen) atoms. The van der Waals surface area contributed by atoms with E-state index >= 15 is 0 Å². The van der Waals surface area contributed by atoms with Gasteiger partial charge in [0, 0.05) is 5.41 Å². The van der Waals surface area contributed by atoms with Crippen molar-refractivity contribution in [1.29, 1.82) is 0 Å². The second-order valence-electron chi connectivity index (χ2n) is 20.8. The molecule has 0 bridgehead atoms. The predicted octanol–water partition coefficient (Wildman–Crippen LogP) is 9.82. The number of aliphatic carboxylic acids is 1. The van der Waals surface area contributed by atoms with Crippen molar-refractivity contribution in [3.8, 4) is 0 Å². The van der Waals surface area contributed by atoms with Crippen LogP contribution in [0, 0.1) is 56.2 Å². The number of fused-ring (bicyclic) bond motifs is 7. The van der Waals surface area contributed by atoms with Gasteiger partial charge >= 0.3 is 11.9 Å². The number of ketones is 1. The van der Waals surface area contributed by atoms with Gasteiger partial charge in [0.1, 0.15) is 6.10 Å². The highest BCUT2D eigenvalue weighted by atomic mass is 16.5. The Balaban J connectivity index is 1.28. The molecule has 8 atom stereocenters. The third-order valence-corrected chi connectivity index (χ3v) is 16.6. The lowest BCUT2D eigenvalue weighted by Crippen LogP contribution is -2.66. The fourth-order valence-corrected chi connectivity index (χ4v) is 13.3. The zero-order valence-electron chi connectivity index (χ0n) is 34.5. The Hall–Kier alpha value is -2.96. The van der Waals surface area contributed by atoms with Gasteiger partial charge in [-0.3, -0.25) is 19.2 Å². The lowest BCUT2D eigenvalue weighted by molar-refractivity contribution is -0.233. The molecule has 0 saturated heterocycles. The second-order valence-corrected chi connectivity index (χ2v) is 20.8. The molecule has 5 aliphatic rings. The molecule has 292 valence electrons. The van der Waals surface area contributed by atoms with Crippen molar-refractivity contribution in [1.82, 2.24) is 5.32 Å². The van der Waals surface area contributed by atoms with E-state index in [9.17, 15) is 24.3 Å². The van der Waals surface area contributed by atoms with E-state index in [1.165, 1.54) is 11.1 Å². The summed E-state index contributed by atoms with van der Waals surface area (Å²) < 4.78 is 6.17. The first kappa shape index (κ1) is 39.7. The van der Waals surface area contributed by atoms with Gasteiger partial charge in [-0.1, -0.05) is 89.9 Å². The number of carboxylic acids is 1. The largest absolute Gasteiger partial charge is 0.481 e. The Kier molecular flexibility index (Phi) is 9.80. The number of carboxylic acid groups (broad SMARTS) is 1. The molecule has 1 aromatic rings. The molecule has 7 nitrogen and oxygen atoms in total. The van der Waals surface area contributed by atoms with Crippen molar-refractivity contribution in [2.75, 3.05) is 0 Å². The highest BCUT2D eigenvalue weighted by molar-refractivity contribution is 6.39. The van der Waals surface area contributed by atoms with Gasteiger partial charge in [-0.25, -0.2) is 0 Å². The van der Waals surface area contributed by atoms with Crippen molar-refractivity contribution in [2.24, 2.45) is 56.2 Å². The van der Waals surface area contributed by atoms with Gasteiger partial charge in [0.15, 0.2) is 0 Å². The zero-order valence-corrected chi connectivity index (χ0v) is 34.5. The molecule has 0 aliphatic heterocycles. The number of hydrogen-bond donors (Lipinski definition) is 2. The average Bonchev–Trinajstić information content (AvgIpc) is 3.47. The summed E-state index contributed by atoms with van der Waals surface area (Å²) in [7, 11) is 0. The van der Waals surface area contributed by atoms with E-state index in [0.717, 1.165) is 69.8 Å². The number of rotatable bonds is 9. The standard InChI is InChI=1S/C46H67NO6/c1-28(2)30-19-24-46(37(49)38(50)47-42(7,8)29-15-13-12-14-16-29)26-25-44(10)31(36(30)46)17-18-33-43(9)22-21-34(53-35(48)27-40(3,4)39(51)52)41(5,6)32(43)20-23-45(33,44)11/h12-16,28,31-34H,17-27H2,1-11H3,(H,47,50)(H,51,52). The molecule has 0 radical (unpaired) electrons. The number of nitrogens with one attached hydrogen (secondary N) is 1. The van der Waals surface area contributed by atoms with Gasteiger partial charge in [-0.05, 0) is 137 Å². The summed E-state index contributed by atoms with van der Waals surface area (Å²) >= 11 is 0. The first-order valence-corrected chi connectivity index (χ1v) is 20.6. The minimum atomic E-state index is -1.17. The summed E-state index contributed by atoms with van der Waals surface area (Å²) in [6.45, 7) is 23.8. The minimum Gasteiger partial charge on any atom is -0.481 e. The monoisotopic (exact) mass is 729 g/mol. The summed E-state index contributed by atoms with van der Waals surface area (Å²) in [4.78, 5) is 53.7. The smallest absolute Gasteiger partial charge is 0.309 e. The van der Waals surface area contributed by atoms with Gasteiger partial charge in [-0.2, -0.15) is 0 Å². The molecule has 1 amide bonds. The number of carbonyl (C=O) groups excluding carboxylic acids is 3. The number of ether oxygens (including phenoxy) is 1. The average molecular weight is 730 g/mol. The molecule has 4 fully saturated rings. The van der Waals surface area contributed by atoms with Crippen LogP contribution < -0.4 is 5.32 Å². The lowest BCUT2D eigenvalue weighted by atomic mass is 9.33. The summed E-state index contributed by atoms with van der Waals surface area (Å²) in [5.41, 5.74) is 1.01. The van der Waals surface area contributed by atoms with Gasteiger partial charge in [0.05, 0.1) is 22.8 Å². The van der Waals surface area contributed by atoms with Crippen LogP contribution in [0.25, 0.3) is 0 Å². The molecular formula is C46H67NO6. The Morgan fingerprint density at radius 1 is 0.830 bits per heavy atom. The van der Waals surface area contributed by atoms with Crippen LogP contribution in [0.3, 0.4) is 0 Å². The van der Waals surface area contributed by atoms with E-state index in [-0.39, 0.29) is 45.9 Å². The first-order chi connectivity index (χ1) is 24.5. The van der Waals surface area contributed by atoms with Gasteiger partial charge in [0.2, 0.25) is 5.78 Å². The van der Waals surface area contributed by atoms with Crippen LogP contribution in [0.2, 0.25) is 0 Å². The van der Waals surface area contributed by atoms with Crippen LogP contribution in [-0.4, -0.2) is 34.8 Å². The Morgan fingerprint density at radius 2 is 1.49 bits per heavy atom. The number of hydrogen-bond acceptors (Lipinski definition) is 5. The van der Waals surface area contributed by atoms with Crippen molar-refractivity contribution in [2.45, 2.75) is 158 Å². The van der Waals surface area contributed by atoms with Crippen LogP contribution in [0.5, 0.6) is 0 Å². The van der Waals surface area contributed by atoms with Crippen molar-refractivity contribution in [3.05, 3.63) is 47.0 Å². The molecular weight excluding hydrogens is 663 g/mol. The van der Waals surface area contributed by atoms with Gasteiger partial charge < -0.3 is 15.2 Å². The quantitative estimate of drug-likeness (QED) is 0.149. The molecule has 0 aromatic heterocycles. The molecule has 1 aromatic carbocycles. The van der Waals surface area contributed by atoms with Crippen molar-refractivity contribution < 1.29 is 29.0 Å². The third-order valence-electron chi connectivity index (χ3n) is 16.6. The van der Waals surface area contributed by atoms with Crippen molar-refractivity contribution >= 4 is 23.6 Å². The number of benzene rings is 1. The fraction of sp³-hybridized carbons (Fsp3) is 0.739. The molecule has 6 rings (SSSR count). The van der Waals surface area contributed by atoms with E-state index in [4.69, 9.17) is 4.74 Å². The molecule has 7 heteroatoms. The topological polar surface area (TPSA) is 110 Å². The fourth-order valence-electron chi connectivity index (χ4n) is 13.3. The lowest BCUT2D eigenvalue weighted by Gasteiger charge is -2.72. The minimum absolute atomic E-state index is 0.0108. The Labute approximate surface area is 318 Å². The number of Topliss-reactive ketones (excluding diaryl/α,β-unsaturated/α-hetero) is 1. The summed E-state index contributed by atoms with van der Waals surface area (Å²) in [5.74, 6) is -0.666. The van der Waals surface area contributed by atoms with Crippen LogP contribution in [0.1, 0.15) is 152 Å². The summed E-state index contributed by atoms with van der Waals surface area (Å²) in [6.07, 6.45) is 8.89. The molecule has 8 unspecified atom stereocenters. The molecule has 5 aliphatic carbocycles. The van der Waals surface area contributed by atoms with E-state index in [1.54, 1.807) is 13.8 Å². The van der Waals surface area contributed by atoms with E-state index < -0.39 is 34.2 Å². The predicted molar refractivity (Wildman–Crippen MR) is 208 cm³/mol. The number of carbonyl (C=O) groups is 4. The number of amides is 1. The van der Waals surface area contributed by atoms with Crippen LogP contribution in [-0.2, 0) is 29.5 Å². The van der Waals surface area contributed by atoms with E-state index in [0.29, 0.717) is 17.8 Å². The third kappa shape index (κ3) is 6.04. The summed E-state index contributed by atoms with van der Waals surface area (Å²) in [6, 6.07) is 9.91. The number of esters is 1. The van der Waals surface area contributed by atoms with Crippen LogP contribution in [0.15, 0.2) is 41.5 Å². The maximum absolute atomic E-state index is 14.7. The second kappa shape index (κ2) is 13.1. The van der Waals surface area contributed by atoms with Gasteiger partial charge in [0.25, 0.3) is 5.91 Å². The van der Waals surface area contributed by atoms with E-state index in [1.807, 2.05) is 44.2 Å². The Bertz CT molecular complexity index is 1690. The van der Waals surface area contributed by atoms with Crippen LogP contribution in [0.4, 0.5) is 0 Å². The molecule has 2 N–H and O–H groups in total.